The molecule has 0 amide bonds. The Kier molecular flexibility index (Phi) is 3.44. The van der Waals surface area contributed by atoms with Gasteiger partial charge in [-0.1, -0.05) is 12.8 Å². The fourth-order valence-electron chi connectivity index (χ4n) is 3.81. The maximum absolute atomic E-state index is 13.1. The summed E-state index contributed by atoms with van der Waals surface area (Å²) in [6.07, 6.45) is 8.65. The number of rotatable bonds is 4. The highest BCUT2D eigenvalue weighted by Gasteiger charge is 2.47. The van der Waals surface area contributed by atoms with Crippen molar-refractivity contribution in [2.75, 3.05) is 13.1 Å². The Morgan fingerprint density at radius 1 is 1.26 bits per heavy atom. The van der Waals surface area contributed by atoms with E-state index < -0.39 is 0 Å². The highest BCUT2D eigenvalue weighted by molar-refractivity contribution is 6.02. The molecule has 1 aromatic rings. The van der Waals surface area contributed by atoms with Crippen LogP contribution in [0.4, 0.5) is 0 Å². The lowest BCUT2D eigenvalue weighted by Gasteiger charge is -2.37. The standard InChI is InChI=1S/C15H23N3O/c1-2-18-13(7-10-16-18)14(19)15(8-3-4-9-15)17-11-5-6-12-17/h7,10H,2-6,8-9,11-12H2,1H3. The minimum Gasteiger partial charge on any atom is -0.291 e. The topological polar surface area (TPSA) is 38.1 Å². The van der Waals surface area contributed by atoms with Crippen LogP contribution in [0.3, 0.4) is 0 Å². The molecule has 1 saturated carbocycles. The third-order valence-electron chi connectivity index (χ3n) is 4.81. The number of carbonyl (C=O) groups excluding carboxylic acids is 1. The Hall–Kier alpha value is -1.16. The van der Waals surface area contributed by atoms with E-state index in [-0.39, 0.29) is 5.54 Å². The maximum Gasteiger partial charge on any atom is 0.201 e. The number of hydrogen-bond acceptors (Lipinski definition) is 3. The zero-order valence-corrected chi connectivity index (χ0v) is 11.8. The van der Waals surface area contributed by atoms with Crippen LogP contribution in [0.1, 0.15) is 55.9 Å². The molecular formula is C15H23N3O. The summed E-state index contributed by atoms with van der Waals surface area (Å²) >= 11 is 0. The van der Waals surface area contributed by atoms with Crippen LogP contribution in [-0.2, 0) is 6.54 Å². The van der Waals surface area contributed by atoms with Crippen LogP contribution in [0, 0.1) is 0 Å². The molecule has 3 rings (SSSR count). The van der Waals surface area contributed by atoms with E-state index in [9.17, 15) is 4.79 Å². The quantitative estimate of drug-likeness (QED) is 0.782. The average molecular weight is 261 g/mol. The second-order valence-electron chi connectivity index (χ2n) is 5.79. The molecule has 4 nitrogen and oxygen atoms in total. The van der Waals surface area contributed by atoms with Crippen molar-refractivity contribution in [3.63, 3.8) is 0 Å². The summed E-state index contributed by atoms with van der Waals surface area (Å²) in [6.45, 7) is 4.99. The van der Waals surface area contributed by atoms with Crippen LogP contribution in [0.15, 0.2) is 12.3 Å². The van der Waals surface area contributed by atoms with Crippen molar-refractivity contribution >= 4 is 5.78 Å². The summed E-state index contributed by atoms with van der Waals surface area (Å²) < 4.78 is 1.85. The molecule has 0 radical (unpaired) electrons. The molecule has 2 aliphatic rings. The third kappa shape index (κ3) is 2.02. The largest absolute Gasteiger partial charge is 0.291 e. The van der Waals surface area contributed by atoms with Gasteiger partial charge in [-0.3, -0.25) is 14.4 Å². The Balaban J connectivity index is 1.94. The summed E-state index contributed by atoms with van der Waals surface area (Å²) in [4.78, 5) is 15.5. The summed E-state index contributed by atoms with van der Waals surface area (Å²) in [6, 6.07) is 1.89. The molecule has 2 fully saturated rings. The number of aromatic nitrogens is 2. The number of ketones is 1. The molecule has 1 saturated heterocycles. The minimum atomic E-state index is -0.219. The molecule has 1 aromatic heterocycles. The fraction of sp³-hybridized carbons (Fsp3) is 0.733. The van der Waals surface area contributed by atoms with Crippen molar-refractivity contribution in [1.29, 1.82) is 0 Å². The Morgan fingerprint density at radius 3 is 2.58 bits per heavy atom. The smallest absolute Gasteiger partial charge is 0.201 e. The molecule has 0 spiro atoms. The molecule has 19 heavy (non-hydrogen) atoms. The van der Waals surface area contributed by atoms with E-state index in [1.165, 1.54) is 25.7 Å². The van der Waals surface area contributed by atoms with Gasteiger partial charge in [0.15, 0.2) is 0 Å². The zero-order valence-electron chi connectivity index (χ0n) is 11.8. The fourth-order valence-corrected chi connectivity index (χ4v) is 3.81. The summed E-state index contributed by atoms with van der Waals surface area (Å²) in [5.74, 6) is 0.311. The first-order valence-electron chi connectivity index (χ1n) is 7.59. The van der Waals surface area contributed by atoms with Gasteiger partial charge in [0.05, 0.1) is 5.54 Å². The molecule has 2 heterocycles. The van der Waals surface area contributed by atoms with Crippen LogP contribution >= 0.6 is 0 Å². The predicted molar refractivity (Wildman–Crippen MR) is 74.2 cm³/mol. The lowest BCUT2D eigenvalue weighted by atomic mass is 9.88. The molecule has 0 unspecified atom stereocenters. The Labute approximate surface area is 114 Å². The van der Waals surface area contributed by atoms with E-state index in [1.807, 2.05) is 17.7 Å². The normalized spacial score (nSPS) is 23.0. The average Bonchev–Trinajstić information content (AvgIpc) is 3.16. The summed E-state index contributed by atoms with van der Waals surface area (Å²) in [7, 11) is 0. The van der Waals surface area contributed by atoms with Gasteiger partial charge in [-0.15, -0.1) is 0 Å². The molecule has 0 N–H and O–H groups in total. The van der Waals surface area contributed by atoms with Crippen molar-refractivity contribution in [2.24, 2.45) is 0 Å². The minimum absolute atomic E-state index is 0.219. The number of nitrogens with zero attached hydrogens (tertiary/aromatic N) is 3. The Morgan fingerprint density at radius 2 is 1.95 bits per heavy atom. The maximum atomic E-state index is 13.1. The van der Waals surface area contributed by atoms with Gasteiger partial charge in [0.2, 0.25) is 5.78 Å². The number of Topliss-reactive ketones (excluding diaryl/α,β-unsaturated/α-hetero) is 1. The van der Waals surface area contributed by atoms with E-state index in [4.69, 9.17) is 0 Å². The Bertz CT molecular complexity index is 454. The van der Waals surface area contributed by atoms with Gasteiger partial charge in [-0.05, 0) is 51.8 Å². The SMILES string of the molecule is CCn1nccc1C(=O)C1(N2CCCC2)CCCC1. The lowest BCUT2D eigenvalue weighted by Crippen LogP contribution is -2.52. The van der Waals surface area contributed by atoms with Crippen molar-refractivity contribution in [3.05, 3.63) is 18.0 Å². The highest BCUT2D eigenvalue weighted by atomic mass is 16.1. The first-order chi connectivity index (χ1) is 9.28. The molecule has 1 aliphatic heterocycles. The summed E-state index contributed by atoms with van der Waals surface area (Å²) in [5, 5.41) is 4.26. The van der Waals surface area contributed by atoms with Crippen molar-refractivity contribution in [2.45, 2.75) is 57.5 Å². The zero-order chi connectivity index (χ0) is 13.3. The predicted octanol–water partition coefficient (Wildman–Crippen LogP) is 2.49. The van der Waals surface area contributed by atoms with Gasteiger partial charge < -0.3 is 0 Å². The first-order valence-corrected chi connectivity index (χ1v) is 7.59. The second kappa shape index (κ2) is 5.08. The number of likely N-dealkylation sites (tertiary alicyclic amines) is 1. The van der Waals surface area contributed by atoms with Crippen molar-refractivity contribution in [3.8, 4) is 0 Å². The van der Waals surface area contributed by atoms with Crippen LogP contribution in [0.25, 0.3) is 0 Å². The van der Waals surface area contributed by atoms with Crippen LogP contribution in [0.5, 0.6) is 0 Å². The van der Waals surface area contributed by atoms with E-state index >= 15 is 0 Å². The van der Waals surface area contributed by atoms with Gasteiger partial charge in [0, 0.05) is 12.7 Å². The van der Waals surface area contributed by atoms with E-state index in [0.717, 1.165) is 38.2 Å². The monoisotopic (exact) mass is 261 g/mol. The lowest BCUT2D eigenvalue weighted by molar-refractivity contribution is 0.0614. The van der Waals surface area contributed by atoms with Crippen molar-refractivity contribution < 1.29 is 4.79 Å². The number of carbonyl (C=O) groups is 1. The first kappa shape index (κ1) is 12.9. The summed E-state index contributed by atoms with van der Waals surface area (Å²) in [5.41, 5.74) is 0.583. The third-order valence-corrected chi connectivity index (χ3v) is 4.81. The van der Waals surface area contributed by atoms with Crippen molar-refractivity contribution in [1.82, 2.24) is 14.7 Å². The van der Waals surface area contributed by atoms with E-state index in [1.54, 1.807) is 6.20 Å². The van der Waals surface area contributed by atoms with E-state index in [0.29, 0.717) is 5.78 Å². The molecule has 1 aliphatic carbocycles. The van der Waals surface area contributed by atoms with Gasteiger partial charge in [-0.25, -0.2) is 0 Å². The van der Waals surface area contributed by atoms with Gasteiger partial charge in [0.25, 0.3) is 0 Å². The number of aryl methyl sites for hydroxylation is 1. The van der Waals surface area contributed by atoms with E-state index in [2.05, 4.69) is 10.00 Å². The van der Waals surface area contributed by atoms with Crippen LogP contribution < -0.4 is 0 Å². The molecule has 0 aromatic carbocycles. The van der Waals surface area contributed by atoms with Crippen LogP contribution in [-0.4, -0.2) is 39.1 Å². The molecular weight excluding hydrogens is 238 g/mol. The molecule has 104 valence electrons. The number of hydrogen-bond donors (Lipinski definition) is 0. The van der Waals surface area contributed by atoms with Gasteiger partial charge >= 0.3 is 0 Å². The highest BCUT2D eigenvalue weighted by Crippen LogP contribution is 2.39. The molecule has 4 heteroatoms. The van der Waals surface area contributed by atoms with Gasteiger partial charge in [0.1, 0.15) is 5.69 Å². The molecule has 0 atom stereocenters. The second-order valence-corrected chi connectivity index (χ2v) is 5.79. The van der Waals surface area contributed by atoms with Crippen LogP contribution in [0.2, 0.25) is 0 Å². The van der Waals surface area contributed by atoms with Gasteiger partial charge in [-0.2, -0.15) is 5.10 Å². The molecule has 0 bridgehead atoms.